The number of nitrogens with zero attached hydrogens (tertiary/aromatic N) is 5. The summed E-state index contributed by atoms with van der Waals surface area (Å²) in [5.74, 6) is 2.50. The third-order valence-corrected chi connectivity index (χ3v) is 10.3. The molecule has 0 aliphatic rings. The van der Waals surface area contributed by atoms with Gasteiger partial charge in [0.1, 0.15) is 0 Å². The minimum atomic E-state index is 0.611. The Morgan fingerprint density at radius 3 is 1.39 bits per heavy atom. The Kier molecular flexibility index (Phi) is 10.4. The number of aromatic nitrogens is 3. The van der Waals surface area contributed by atoms with Gasteiger partial charge >= 0.3 is 0 Å². The topological polar surface area (TPSA) is 63.4 Å². The van der Waals surface area contributed by atoms with Crippen LogP contribution in [0, 0.1) is 0 Å². The smallest absolute Gasteiger partial charge is 0.164 e. The molecule has 5 heteroatoms. The second-order valence-electron chi connectivity index (χ2n) is 14.2. The lowest BCUT2D eigenvalue weighted by molar-refractivity contribution is 1.07. The van der Waals surface area contributed by atoms with Crippen molar-refractivity contribution in [1.29, 1.82) is 0 Å². The number of amidine groups is 1. The summed E-state index contributed by atoms with van der Waals surface area (Å²) in [6.45, 7) is 6.31. The fourth-order valence-corrected chi connectivity index (χ4v) is 7.29. The van der Waals surface area contributed by atoms with Gasteiger partial charge in [0.25, 0.3) is 0 Å². The number of fused-ring (bicyclic) bond motifs is 1. The number of aliphatic imine (C=N–C) groups is 2. The number of benzene rings is 8. The summed E-state index contributed by atoms with van der Waals surface area (Å²) in [6.07, 6.45) is 0. The molecule has 0 amide bonds. The lowest BCUT2D eigenvalue weighted by atomic mass is 9.90. The van der Waals surface area contributed by atoms with Gasteiger partial charge in [0.2, 0.25) is 0 Å². The number of rotatable bonds is 9. The molecule has 0 N–H and O–H groups in total. The number of hydrogen-bond acceptors (Lipinski definition) is 4. The van der Waals surface area contributed by atoms with E-state index in [2.05, 4.69) is 91.5 Å². The molecule has 0 spiro atoms. The van der Waals surface area contributed by atoms with Gasteiger partial charge in [-0.05, 0) is 63.2 Å². The van der Waals surface area contributed by atoms with Gasteiger partial charge < -0.3 is 0 Å². The Morgan fingerprint density at radius 2 is 0.814 bits per heavy atom. The van der Waals surface area contributed by atoms with Crippen molar-refractivity contribution in [1.82, 2.24) is 15.0 Å². The third-order valence-electron chi connectivity index (χ3n) is 10.3. The highest BCUT2D eigenvalue weighted by atomic mass is 15.0. The average Bonchev–Trinajstić information content (AvgIpc) is 3.32. The lowest BCUT2D eigenvalue weighted by Crippen LogP contribution is -2.04. The Bertz CT molecular complexity index is 2930. The zero-order valence-electron chi connectivity index (χ0n) is 32.6. The molecule has 5 nitrogen and oxygen atoms in total. The van der Waals surface area contributed by atoms with Crippen LogP contribution in [0.15, 0.2) is 223 Å². The second-order valence-corrected chi connectivity index (χ2v) is 14.2. The molecule has 8 aromatic carbocycles. The molecular weight excluding hydrogens is 719 g/mol. The molecule has 0 saturated carbocycles. The van der Waals surface area contributed by atoms with Gasteiger partial charge in [-0.2, -0.15) is 0 Å². The molecule has 59 heavy (non-hydrogen) atoms. The van der Waals surface area contributed by atoms with E-state index in [-0.39, 0.29) is 0 Å². The van der Waals surface area contributed by atoms with Crippen molar-refractivity contribution >= 4 is 28.0 Å². The van der Waals surface area contributed by atoms with Crippen molar-refractivity contribution in [2.24, 2.45) is 9.98 Å². The minimum absolute atomic E-state index is 0.611. The predicted molar refractivity (Wildman–Crippen MR) is 245 cm³/mol. The maximum atomic E-state index is 5.12. The van der Waals surface area contributed by atoms with E-state index in [0.717, 1.165) is 72.1 Å². The normalized spacial score (nSPS) is 11.7. The van der Waals surface area contributed by atoms with Crippen LogP contribution in [0.3, 0.4) is 0 Å². The Balaban J connectivity index is 1.12. The van der Waals surface area contributed by atoms with E-state index in [1.54, 1.807) is 0 Å². The molecule has 0 saturated heterocycles. The zero-order chi connectivity index (χ0) is 40.0. The molecule has 0 aliphatic carbocycles. The van der Waals surface area contributed by atoms with Crippen LogP contribution in [-0.2, 0) is 0 Å². The maximum absolute atomic E-state index is 5.12. The summed E-state index contributed by atoms with van der Waals surface area (Å²) >= 11 is 0. The van der Waals surface area contributed by atoms with E-state index in [4.69, 9.17) is 24.9 Å². The molecule has 0 unspecified atom stereocenters. The predicted octanol–water partition coefficient (Wildman–Crippen LogP) is 13.3. The van der Waals surface area contributed by atoms with Gasteiger partial charge in [0.15, 0.2) is 23.3 Å². The molecule has 0 atom stereocenters. The SMILES string of the molecule is C=C(N=C(N=C(C)c1cccc(-c2cccc3cccc(-c4cccc(-c5nc(-c6ccccc6)nc(-c6ccccc6)n5)c4)c23)c1)c1ccccc1)c1ccccc1. The standard InChI is InChI=1S/C54H39N5/c1-37(39-19-7-3-8-20-39)55-51(41-21-9-4-10-22-41)56-38(2)44-29-15-30-45(35-44)48-33-17-27-40-28-18-34-49(50(40)48)46-31-16-32-47(36-46)54-58-52(42-23-11-5-12-24-42)57-53(59-54)43-25-13-6-14-26-43/h3-36H,1H2,2H3. The van der Waals surface area contributed by atoms with Crippen LogP contribution in [0.2, 0.25) is 0 Å². The Morgan fingerprint density at radius 1 is 0.390 bits per heavy atom. The van der Waals surface area contributed by atoms with Gasteiger partial charge in [-0.15, -0.1) is 0 Å². The molecule has 0 bridgehead atoms. The molecule has 280 valence electrons. The van der Waals surface area contributed by atoms with Crippen LogP contribution in [0.5, 0.6) is 0 Å². The summed E-state index contributed by atoms with van der Waals surface area (Å²) < 4.78 is 0. The van der Waals surface area contributed by atoms with Crippen molar-refractivity contribution in [3.8, 4) is 56.4 Å². The third kappa shape index (κ3) is 8.04. The Labute approximate surface area is 344 Å². The lowest BCUT2D eigenvalue weighted by Gasteiger charge is -2.14. The van der Waals surface area contributed by atoms with Crippen molar-refractivity contribution in [3.05, 3.63) is 230 Å². The molecule has 0 fully saturated rings. The van der Waals surface area contributed by atoms with Crippen LogP contribution in [0.1, 0.15) is 23.6 Å². The largest absolute Gasteiger partial charge is 0.233 e. The summed E-state index contributed by atoms with van der Waals surface area (Å²) in [7, 11) is 0. The second kappa shape index (κ2) is 16.7. The highest BCUT2D eigenvalue weighted by Crippen LogP contribution is 2.38. The summed E-state index contributed by atoms with van der Waals surface area (Å²) in [5.41, 5.74) is 11.6. The van der Waals surface area contributed by atoms with Gasteiger partial charge in [-0.25, -0.2) is 24.9 Å². The van der Waals surface area contributed by atoms with Gasteiger partial charge in [0, 0.05) is 28.0 Å². The number of hydrogen-bond donors (Lipinski definition) is 0. The molecule has 1 heterocycles. The van der Waals surface area contributed by atoms with Crippen molar-refractivity contribution in [2.45, 2.75) is 6.92 Å². The van der Waals surface area contributed by atoms with Crippen LogP contribution in [-0.4, -0.2) is 26.5 Å². The summed E-state index contributed by atoms with van der Waals surface area (Å²) in [4.78, 5) is 25.0. The first-order valence-corrected chi connectivity index (χ1v) is 19.6. The van der Waals surface area contributed by atoms with E-state index in [9.17, 15) is 0 Å². The first-order valence-electron chi connectivity index (χ1n) is 19.6. The Hall–Kier alpha value is -7.89. The highest BCUT2D eigenvalue weighted by molar-refractivity contribution is 6.13. The first kappa shape index (κ1) is 36.7. The van der Waals surface area contributed by atoms with E-state index in [0.29, 0.717) is 29.0 Å². The van der Waals surface area contributed by atoms with Crippen molar-refractivity contribution in [2.75, 3.05) is 0 Å². The zero-order valence-corrected chi connectivity index (χ0v) is 32.6. The van der Waals surface area contributed by atoms with Gasteiger partial charge in [-0.3, -0.25) is 0 Å². The summed E-state index contributed by atoms with van der Waals surface area (Å²) in [5, 5.41) is 2.31. The van der Waals surface area contributed by atoms with E-state index >= 15 is 0 Å². The van der Waals surface area contributed by atoms with E-state index < -0.39 is 0 Å². The van der Waals surface area contributed by atoms with E-state index in [1.165, 1.54) is 0 Å². The van der Waals surface area contributed by atoms with Crippen molar-refractivity contribution in [3.63, 3.8) is 0 Å². The van der Waals surface area contributed by atoms with Crippen molar-refractivity contribution < 1.29 is 0 Å². The highest BCUT2D eigenvalue weighted by Gasteiger charge is 2.16. The molecule has 0 aliphatic heterocycles. The molecule has 9 aromatic rings. The van der Waals surface area contributed by atoms with Gasteiger partial charge in [0.05, 0.1) is 5.70 Å². The average molecular weight is 758 g/mol. The van der Waals surface area contributed by atoms with Gasteiger partial charge in [-0.1, -0.05) is 201 Å². The first-order chi connectivity index (χ1) is 29.1. The maximum Gasteiger partial charge on any atom is 0.164 e. The van der Waals surface area contributed by atoms with Crippen LogP contribution >= 0.6 is 0 Å². The minimum Gasteiger partial charge on any atom is -0.233 e. The van der Waals surface area contributed by atoms with Crippen LogP contribution < -0.4 is 0 Å². The molecule has 9 rings (SSSR count). The molecule has 0 radical (unpaired) electrons. The summed E-state index contributed by atoms with van der Waals surface area (Å²) in [6, 6.07) is 70.3. The fraction of sp³-hybridized carbons (Fsp3) is 0.0185. The van der Waals surface area contributed by atoms with E-state index in [1.807, 2.05) is 128 Å². The quantitative estimate of drug-likeness (QED) is 0.109. The van der Waals surface area contributed by atoms with Crippen LogP contribution in [0.4, 0.5) is 0 Å². The molecule has 1 aromatic heterocycles. The van der Waals surface area contributed by atoms with Crippen LogP contribution in [0.25, 0.3) is 72.9 Å². The molecular formula is C54H39N5. The fourth-order valence-electron chi connectivity index (χ4n) is 7.29. The monoisotopic (exact) mass is 757 g/mol.